The number of rotatable bonds is 6. The van der Waals surface area contributed by atoms with Crippen molar-refractivity contribution >= 4 is 5.95 Å². The van der Waals surface area contributed by atoms with Crippen molar-refractivity contribution in [2.75, 3.05) is 39.1 Å². The molecule has 0 saturated carbocycles. The second-order valence-corrected chi connectivity index (χ2v) is 4.17. The zero-order valence-corrected chi connectivity index (χ0v) is 10.3. The SMILES string of the molecule is CN(C)CCCN(C)c1ncc(CN)cn1. The highest BCUT2D eigenvalue weighted by Gasteiger charge is 2.03. The zero-order valence-electron chi connectivity index (χ0n) is 10.3. The first-order valence-corrected chi connectivity index (χ1v) is 5.50. The summed E-state index contributed by atoms with van der Waals surface area (Å²) in [6.45, 7) is 2.52. The Hall–Kier alpha value is -1.20. The molecule has 1 rings (SSSR count). The van der Waals surface area contributed by atoms with Gasteiger partial charge in [0, 0.05) is 38.1 Å². The topological polar surface area (TPSA) is 58.3 Å². The molecule has 0 saturated heterocycles. The van der Waals surface area contributed by atoms with Crippen LogP contribution >= 0.6 is 0 Å². The van der Waals surface area contributed by atoms with E-state index < -0.39 is 0 Å². The molecule has 0 aliphatic heterocycles. The van der Waals surface area contributed by atoms with Gasteiger partial charge < -0.3 is 15.5 Å². The summed E-state index contributed by atoms with van der Waals surface area (Å²) in [7, 11) is 6.16. The van der Waals surface area contributed by atoms with Gasteiger partial charge in [0.25, 0.3) is 0 Å². The van der Waals surface area contributed by atoms with Gasteiger partial charge in [0.1, 0.15) is 0 Å². The van der Waals surface area contributed by atoms with Crippen molar-refractivity contribution in [2.45, 2.75) is 13.0 Å². The largest absolute Gasteiger partial charge is 0.344 e. The fourth-order valence-corrected chi connectivity index (χ4v) is 1.37. The van der Waals surface area contributed by atoms with Crippen molar-refractivity contribution in [1.29, 1.82) is 0 Å². The zero-order chi connectivity index (χ0) is 12.0. The molecule has 0 amide bonds. The first kappa shape index (κ1) is 12.9. The van der Waals surface area contributed by atoms with Gasteiger partial charge in [-0.3, -0.25) is 0 Å². The summed E-state index contributed by atoms with van der Waals surface area (Å²) >= 11 is 0. The number of aromatic nitrogens is 2. The van der Waals surface area contributed by atoms with Gasteiger partial charge in [0.15, 0.2) is 0 Å². The van der Waals surface area contributed by atoms with Crippen LogP contribution in [0.2, 0.25) is 0 Å². The molecule has 0 aliphatic carbocycles. The average molecular weight is 223 g/mol. The van der Waals surface area contributed by atoms with Crippen molar-refractivity contribution < 1.29 is 0 Å². The molecule has 0 spiro atoms. The molecule has 1 heterocycles. The van der Waals surface area contributed by atoms with Gasteiger partial charge in [-0.05, 0) is 27.1 Å². The predicted molar refractivity (Wildman–Crippen MR) is 66.4 cm³/mol. The Kier molecular flexibility index (Phi) is 5.14. The molecule has 1 aromatic heterocycles. The number of hydrogen-bond donors (Lipinski definition) is 1. The van der Waals surface area contributed by atoms with Gasteiger partial charge in [-0.25, -0.2) is 9.97 Å². The summed E-state index contributed by atoms with van der Waals surface area (Å²) in [6, 6.07) is 0. The van der Waals surface area contributed by atoms with Gasteiger partial charge in [0.2, 0.25) is 5.95 Å². The fourth-order valence-electron chi connectivity index (χ4n) is 1.37. The Morgan fingerprint density at radius 3 is 2.25 bits per heavy atom. The summed E-state index contributed by atoms with van der Waals surface area (Å²) in [5, 5.41) is 0. The minimum absolute atomic E-state index is 0.491. The molecule has 0 atom stereocenters. The summed E-state index contributed by atoms with van der Waals surface area (Å²) in [4.78, 5) is 12.8. The van der Waals surface area contributed by atoms with Crippen molar-refractivity contribution in [1.82, 2.24) is 14.9 Å². The monoisotopic (exact) mass is 223 g/mol. The van der Waals surface area contributed by atoms with E-state index in [0.717, 1.165) is 31.0 Å². The van der Waals surface area contributed by atoms with Crippen molar-refractivity contribution in [3.05, 3.63) is 18.0 Å². The van der Waals surface area contributed by atoms with Crippen LogP contribution in [0.25, 0.3) is 0 Å². The van der Waals surface area contributed by atoms with Crippen molar-refractivity contribution in [3.63, 3.8) is 0 Å². The Morgan fingerprint density at radius 1 is 1.12 bits per heavy atom. The smallest absolute Gasteiger partial charge is 0.224 e. The van der Waals surface area contributed by atoms with Crippen LogP contribution in [0.3, 0.4) is 0 Å². The minimum Gasteiger partial charge on any atom is -0.344 e. The number of nitrogens with two attached hydrogens (primary N) is 1. The Balaban J connectivity index is 2.43. The van der Waals surface area contributed by atoms with E-state index >= 15 is 0 Å². The normalized spacial score (nSPS) is 10.8. The Labute approximate surface area is 97.3 Å². The lowest BCUT2D eigenvalue weighted by atomic mass is 10.3. The van der Waals surface area contributed by atoms with E-state index in [2.05, 4.69) is 33.9 Å². The minimum atomic E-state index is 0.491. The third-order valence-corrected chi connectivity index (χ3v) is 2.37. The van der Waals surface area contributed by atoms with Crippen LogP contribution in [-0.2, 0) is 6.54 Å². The van der Waals surface area contributed by atoms with E-state index in [4.69, 9.17) is 5.73 Å². The lowest BCUT2D eigenvalue weighted by Gasteiger charge is -2.18. The van der Waals surface area contributed by atoms with Crippen LogP contribution in [0.5, 0.6) is 0 Å². The van der Waals surface area contributed by atoms with Crippen LogP contribution in [0.1, 0.15) is 12.0 Å². The van der Waals surface area contributed by atoms with Gasteiger partial charge in [-0.2, -0.15) is 0 Å². The maximum atomic E-state index is 5.49. The predicted octanol–water partition coefficient (Wildman–Crippen LogP) is 0.323. The fraction of sp³-hybridized carbons (Fsp3) is 0.636. The molecule has 5 heteroatoms. The molecular formula is C11H21N5. The molecule has 0 aromatic carbocycles. The second kappa shape index (κ2) is 6.40. The van der Waals surface area contributed by atoms with Crippen LogP contribution in [0.4, 0.5) is 5.95 Å². The van der Waals surface area contributed by atoms with Crippen molar-refractivity contribution in [3.8, 4) is 0 Å². The van der Waals surface area contributed by atoms with Crippen LogP contribution < -0.4 is 10.6 Å². The van der Waals surface area contributed by atoms with E-state index in [1.807, 2.05) is 7.05 Å². The molecule has 16 heavy (non-hydrogen) atoms. The summed E-state index contributed by atoms with van der Waals surface area (Å²) < 4.78 is 0. The third kappa shape index (κ3) is 4.12. The third-order valence-electron chi connectivity index (χ3n) is 2.37. The average Bonchev–Trinajstić information content (AvgIpc) is 2.28. The standard InChI is InChI=1S/C11H21N5/c1-15(2)5-4-6-16(3)11-13-8-10(7-12)9-14-11/h8-9H,4-7,12H2,1-3H3. The molecule has 1 aromatic rings. The quantitative estimate of drug-likeness (QED) is 0.753. The number of hydrogen-bond acceptors (Lipinski definition) is 5. The van der Waals surface area contributed by atoms with Gasteiger partial charge in [-0.1, -0.05) is 0 Å². The van der Waals surface area contributed by atoms with E-state index in [1.54, 1.807) is 12.4 Å². The highest BCUT2D eigenvalue weighted by molar-refractivity contribution is 5.27. The van der Waals surface area contributed by atoms with Gasteiger partial charge >= 0.3 is 0 Å². The van der Waals surface area contributed by atoms with E-state index in [0.29, 0.717) is 6.54 Å². The second-order valence-electron chi connectivity index (χ2n) is 4.17. The summed E-state index contributed by atoms with van der Waals surface area (Å²) in [6.07, 6.45) is 4.67. The summed E-state index contributed by atoms with van der Waals surface area (Å²) in [5.41, 5.74) is 6.45. The summed E-state index contributed by atoms with van der Waals surface area (Å²) in [5.74, 6) is 0.760. The maximum absolute atomic E-state index is 5.49. The Bertz CT molecular complexity index is 296. The molecule has 0 fully saturated rings. The first-order chi connectivity index (χ1) is 7.63. The molecule has 0 bridgehead atoms. The number of nitrogens with zero attached hydrogens (tertiary/aromatic N) is 4. The first-order valence-electron chi connectivity index (χ1n) is 5.50. The van der Waals surface area contributed by atoms with Crippen LogP contribution in [0.15, 0.2) is 12.4 Å². The highest BCUT2D eigenvalue weighted by atomic mass is 15.2. The van der Waals surface area contributed by atoms with Crippen LogP contribution in [0, 0.1) is 0 Å². The van der Waals surface area contributed by atoms with E-state index in [1.165, 1.54) is 0 Å². The molecule has 0 aliphatic rings. The number of anilines is 1. The van der Waals surface area contributed by atoms with Gasteiger partial charge in [-0.15, -0.1) is 0 Å². The molecule has 5 nitrogen and oxygen atoms in total. The maximum Gasteiger partial charge on any atom is 0.224 e. The lowest BCUT2D eigenvalue weighted by Crippen LogP contribution is -2.24. The van der Waals surface area contributed by atoms with Crippen LogP contribution in [-0.4, -0.2) is 49.1 Å². The molecule has 0 radical (unpaired) electrons. The van der Waals surface area contributed by atoms with Gasteiger partial charge in [0.05, 0.1) is 0 Å². The molecule has 2 N–H and O–H groups in total. The lowest BCUT2D eigenvalue weighted by molar-refractivity contribution is 0.401. The molecule has 90 valence electrons. The van der Waals surface area contributed by atoms with E-state index in [-0.39, 0.29) is 0 Å². The van der Waals surface area contributed by atoms with E-state index in [9.17, 15) is 0 Å². The Morgan fingerprint density at radius 2 is 1.75 bits per heavy atom. The molecular weight excluding hydrogens is 202 g/mol. The van der Waals surface area contributed by atoms with Crippen molar-refractivity contribution in [2.24, 2.45) is 5.73 Å². The molecule has 0 unspecified atom stereocenters. The highest BCUT2D eigenvalue weighted by Crippen LogP contribution is 2.05.